The standard InChI is InChI=1S/C20H25NO4/c1-12(2)14-9-8-13(3)10-17(14)25-18(22)11-21-19(23)15-6-4-5-7-16(15)20(21)24/h4-7,12-14,17H,8-11H2,1-3H3. The van der Waals surface area contributed by atoms with E-state index in [0.717, 1.165) is 24.2 Å². The number of esters is 1. The van der Waals surface area contributed by atoms with Crippen molar-refractivity contribution in [2.24, 2.45) is 17.8 Å². The highest BCUT2D eigenvalue weighted by Crippen LogP contribution is 2.35. The fraction of sp³-hybridized carbons (Fsp3) is 0.550. The molecule has 0 aromatic heterocycles. The third-order valence-electron chi connectivity index (χ3n) is 5.41. The van der Waals surface area contributed by atoms with Gasteiger partial charge in [-0.2, -0.15) is 0 Å². The number of amides is 2. The minimum Gasteiger partial charge on any atom is -0.461 e. The van der Waals surface area contributed by atoms with Crippen LogP contribution in [0.25, 0.3) is 0 Å². The van der Waals surface area contributed by atoms with Crippen LogP contribution >= 0.6 is 0 Å². The molecule has 0 bridgehead atoms. The molecule has 2 amide bonds. The highest BCUT2D eigenvalue weighted by Gasteiger charge is 2.38. The smallest absolute Gasteiger partial charge is 0.326 e. The highest BCUT2D eigenvalue weighted by atomic mass is 16.5. The Labute approximate surface area is 148 Å². The van der Waals surface area contributed by atoms with Gasteiger partial charge in [0.05, 0.1) is 11.1 Å². The maximum absolute atomic E-state index is 12.4. The Hall–Kier alpha value is -2.17. The summed E-state index contributed by atoms with van der Waals surface area (Å²) in [4.78, 5) is 38.1. The minimum absolute atomic E-state index is 0.133. The zero-order valence-electron chi connectivity index (χ0n) is 15.0. The number of imide groups is 1. The van der Waals surface area contributed by atoms with E-state index in [-0.39, 0.29) is 12.6 Å². The van der Waals surface area contributed by atoms with Crippen molar-refractivity contribution >= 4 is 17.8 Å². The molecule has 3 rings (SSSR count). The quantitative estimate of drug-likeness (QED) is 0.622. The third-order valence-corrected chi connectivity index (χ3v) is 5.41. The second-order valence-corrected chi connectivity index (χ2v) is 7.60. The molecule has 134 valence electrons. The van der Waals surface area contributed by atoms with Gasteiger partial charge in [-0.15, -0.1) is 0 Å². The number of rotatable bonds is 4. The molecule has 1 saturated carbocycles. The van der Waals surface area contributed by atoms with Gasteiger partial charge >= 0.3 is 5.97 Å². The predicted octanol–water partition coefficient (Wildman–Crippen LogP) is 3.29. The summed E-state index contributed by atoms with van der Waals surface area (Å²) in [5.41, 5.74) is 0.707. The van der Waals surface area contributed by atoms with Gasteiger partial charge in [0.2, 0.25) is 0 Å². The number of carbonyl (C=O) groups excluding carboxylic acids is 3. The van der Waals surface area contributed by atoms with Crippen molar-refractivity contribution in [3.05, 3.63) is 35.4 Å². The molecular formula is C20H25NO4. The van der Waals surface area contributed by atoms with Crippen molar-refractivity contribution in [3.63, 3.8) is 0 Å². The molecule has 1 aliphatic heterocycles. The van der Waals surface area contributed by atoms with Crippen molar-refractivity contribution in [1.82, 2.24) is 4.90 Å². The summed E-state index contributed by atoms with van der Waals surface area (Å²) in [6.45, 7) is 6.14. The second kappa shape index (κ2) is 6.98. The van der Waals surface area contributed by atoms with Crippen molar-refractivity contribution < 1.29 is 19.1 Å². The van der Waals surface area contributed by atoms with E-state index in [1.807, 2.05) is 0 Å². The Kier molecular flexibility index (Phi) is 4.93. The van der Waals surface area contributed by atoms with Crippen molar-refractivity contribution in [1.29, 1.82) is 0 Å². The van der Waals surface area contributed by atoms with Crippen molar-refractivity contribution in [2.75, 3.05) is 6.54 Å². The summed E-state index contributed by atoms with van der Waals surface area (Å²) >= 11 is 0. The molecule has 2 aliphatic rings. The second-order valence-electron chi connectivity index (χ2n) is 7.60. The van der Waals surface area contributed by atoms with Gasteiger partial charge in [0, 0.05) is 0 Å². The average molecular weight is 343 g/mol. The first-order valence-corrected chi connectivity index (χ1v) is 9.03. The summed E-state index contributed by atoms with van der Waals surface area (Å²) in [6.07, 6.45) is 2.90. The molecule has 0 radical (unpaired) electrons. The normalized spacial score (nSPS) is 26.1. The Morgan fingerprint density at radius 1 is 1.16 bits per heavy atom. The van der Waals surface area contributed by atoms with E-state index in [1.165, 1.54) is 0 Å². The largest absolute Gasteiger partial charge is 0.461 e. The zero-order chi connectivity index (χ0) is 18.1. The van der Waals surface area contributed by atoms with Crippen LogP contribution < -0.4 is 0 Å². The topological polar surface area (TPSA) is 63.7 Å². The number of nitrogens with zero attached hydrogens (tertiary/aromatic N) is 1. The first-order chi connectivity index (χ1) is 11.9. The van der Waals surface area contributed by atoms with Crippen LogP contribution in [0.3, 0.4) is 0 Å². The van der Waals surface area contributed by atoms with Gasteiger partial charge in [0.15, 0.2) is 0 Å². The Morgan fingerprint density at radius 2 is 1.76 bits per heavy atom. The zero-order valence-corrected chi connectivity index (χ0v) is 15.0. The molecular weight excluding hydrogens is 318 g/mol. The number of fused-ring (bicyclic) bond motifs is 1. The molecule has 0 spiro atoms. The third kappa shape index (κ3) is 3.46. The molecule has 1 aliphatic carbocycles. The van der Waals surface area contributed by atoms with Crippen LogP contribution in [0.1, 0.15) is 60.7 Å². The lowest BCUT2D eigenvalue weighted by atomic mass is 9.75. The molecule has 1 aromatic carbocycles. The fourth-order valence-corrected chi connectivity index (χ4v) is 3.97. The molecule has 1 aromatic rings. The molecule has 0 N–H and O–H groups in total. The van der Waals surface area contributed by atoms with Crippen molar-refractivity contribution in [3.8, 4) is 0 Å². The van der Waals surface area contributed by atoms with Gasteiger partial charge in [-0.05, 0) is 42.7 Å². The molecule has 3 atom stereocenters. The van der Waals surface area contributed by atoms with Crippen LogP contribution in [-0.4, -0.2) is 35.3 Å². The molecule has 1 heterocycles. The lowest BCUT2D eigenvalue weighted by molar-refractivity contribution is -0.156. The van der Waals surface area contributed by atoms with Crippen LogP contribution in [0.15, 0.2) is 24.3 Å². The van der Waals surface area contributed by atoms with E-state index in [4.69, 9.17) is 4.74 Å². The van der Waals surface area contributed by atoms with E-state index in [1.54, 1.807) is 24.3 Å². The Bertz CT molecular complexity index is 662. The van der Waals surface area contributed by atoms with Gasteiger partial charge in [-0.1, -0.05) is 39.3 Å². The van der Waals surface area contributed by atoms with Crippen LogP contribution in [0, 0.1) is 17.8 Å². The highest BCUT2D eigenvalue weighted by molar-refractivity contribution is 6.22. The fourth-order valence-electron chi connectivity index (χ4n) is 3.97. The molecule has 5 heteroatoms. The van der Waals surface area contributed by atoms with E-state index in [9.17, 15) is 14.4 Å². The monoisotopic (exact) mass is 343 g/mol. The van der Waals surface area contributed by atoms with E-state index in [0.29, 0.717) is 28.9 Å². The molecule has 1 fully saturated rings. The summed E-state index contributed by atoms with van der Waals surface area (Å²) in [5, 5.41) is 0. The number of carbonyl (C=O) groups is 3. The number of hydrogen-bond acceptors (Lipinski definition) is 4. The number of benzene rings is 1. The van der Waals surface area contributed by atoms with E-state index >= 15 is 0 Å². The summed E-state index contributed by atoms with van der Waals surface area (Å²) in [6, 6.07) is 6.64. The lowest BCUT2D eigenvalue weighted by Crippen LogP contribution is -2.40. The van der Waals surface area contributed by atoms with Crippen molar-refractivity contribution in [2.45, 2.75) is 46.1 Å². The van der Waals surface area contributed by atoms with Crippen LogP contribution in [-0.2, 0) is 9.53 Å². The van der Waals surface area contributed by atoms with E-state index in [2.05, 4.69) is 20.8 Å². The first-order valence-electron chi connectivity index (χ1n) is 9.03. The predicted molar refractivity (Wildman–Crippen MR) is 93.0 cm³/mol. The minimum atomic E-state index is -0.501. The summed E-state index contributed by atoms with van der Waals surface area (Å²) < 4.78 is 5.71. The molecule has 25 heavy (non-hydrogen) atoms. The molecule has 0 saturated heterocycles. The van der Waals surface area contributed by atoms with Crippen LogP contribution in [0.4, 0.5) is 0 Å². The maximum atomic E-state index is 12.4. The Morgan fingerprint density at radius 3 is 2.32 bits per heavy atom. The Balaban J connectivity index is 1.67. The van der Waals surface area contributed by atoms with Gasteiger partial charge in [0.1, 0.15) is 12.6 Å². The SMILES string of the molecule is CC1CCC(C(C)C)C(OC(=O)CN2C(=O)c3ccccc3C2=O)C1. The van der Waals surface area contributed by atoms with Gasteiger partial charge < -0.3 is 4.74 Å². The van der Waals surface area contributed by atoms with Gasteiger partial charge in [-0.25, -0.2) is 0 Å². The summed E-state index contributed by atoms with van der Waals surface area (Å²) in [5.74, 6) is -0.0526. The van der Waals surface area contributed by atoms with Crippen LogP contribution in [0.5, 0.6) is 0 Å². The van der Waals surface area contributed by atoms with Gasteiger partial charge in [0.25, 0.3) is 11.8 Å². The molecule has 3 unspecified atom stereocenters. The van der Waals surface area contributed by atoms with E-state index < -0.39 is 17.8 Å². The van der Waals surface area contributed by atoms with Gasteiger partial charge in [-0.3, -0.25) is 19.3 Å². The average Bonchev–Trinajstić information content (AvgIpc) is 2.80. The number of ether oxygens (including phenoxy) is 1. The summed E-state index contributed by atoms with van der Waals surface area (Å²) in [7, 11) is 0. The maximum Gasteiger partial charge on any atom is 0.326 e. The van der Waals surface area contributed by atoms with Crippen LogP contribution in [0.2, 0.25) is 0 Å². The number of hydrogen-bond donors (Lipinski definition) is 0. The first kappa shape index (κ1) is 17.6. The lowest BCUT2D eigenvalue weighted by Gasteiger charge is -2.36. The molecule has 5 nitrogen and oxygen atoms in total.